The van der Waals surface area contributed by atoms with E-state index < -0.39 is 0 Å². The highest BCUT2D eigenvalue weighted by atomic mass is 16.5. The topological polar surface area (TPSA) is 41.6 Å². The molecule has 1 fully saturated rings. The highest BCUT2D eigenvalue weighted by Gasteiger charge is 2.32. The predicted octanol–water partition coefficient (Wildman–Crippen LogP) is 4.27. The van der Waals surface area contributed by atoms with E-state index in [4.69, 9.17) is 4.74 Å². The van der Waals surface area contributed by atoms with Crippen LogP contribution in [0.15, 0.2) is 67.3 Å². The maximum absolute atomic E-state index is 12.7. The number of piperidine rings is 1. The molecule has 0 spiro atoms. The minimum atomic E-state index is -0.0167. The fourth-order valence-electron chi connectivity index (χ4n) is 3.60. The van der Waals surface area contributed by atoms with E-state index in [-0.39, 0.29) is 11.8 Å². The zero-order chi connectivity index (χ0) is 18.4. The van der Waals surface area contributed by atoms with E-state index in [2.05, 4.69) is 41.1 Å². The van der Waals surface area contributed by atoms with Gasteiger partial charge in [0.05, 0.1) is 13.0 Å². The van der Waals surface area contributed by atoms with Crippen molar-refractivity contribution in [1.82, 2.24) is 4.90 Å². The highest BCUT2D eigenvalue weighted by Crippen LogP contribution is 2.33. The summed E-state index contributed by atoms with van der Waals surface area (Å²) in [5.74, 6) is 0.844. The van der Waals surface area contributed by atoms with Crippen LogP contribution in [0.5, 0.6) is 5.75 Å². The van der Waals surface area contributed by atoms with Gasteiger partial charge in [0.1, 0.15) is 5.75 Å². The number of hydrogen-bond acceptors (Lipinski definition) is 3. The fourth-order valence-corrected chi connectivity index (χ4v) is 3.60. The minimum Gasteiger partial charge on any atom is -0.497 e. The summed E-state index contributed by atoms with van der Waals surface area (Å²) in [4.78, 5) is 15.1. The summed E-state index contributed by atoms with van der Waals surface area (Å²) in [5, 5.41) is 3.03. The molecule has 4 nitrogen and oxygen atoms in total. The number of amides is 1. The number of nitrogens with zero attached hydrogens (tertiary/aromatic N) is 1. The maximum Gasteiger partial charge on any atom is 0.228 e. The van der Waals surface area contributed by atoms with Gasteiger partial charge in [-0.1, -0.05) is 36.4 Å². The molecule has 2 aromatic carbocycles. The monoisotopic (exact) mass is 350 g/mol. The van der Waals surface area contributed by atoms with Crippen molar-refractivity contribution in [3.05, 3.63) is 72.8 Å². The summed E-state index contributed by atoms with van der Waals surface area (Å²) < 4.78 is 5.16. The Kier molecular flexibility index (Phi) is 6.08. The number of rotatable bonds is 6. The summed E-state index contributed by atoms with van der Waals surface area (Å²) in [6.07, 6.45) is 3.77. The molecule has 1 aliphatic rings. The first-order valence-electron chi connectivity index (χ1n) is 9.06. The molecule has 2 atom stereocenters. The summed E-state index contributed by atoms with van der Waals surface area (Å²) in [5.41, 5.74) is 2.11. The smallest absolute Gasteiger partial charge is 0.228 e. The molecular formula is C22H26N2O2. The van der Waals surface area contributed by atoms with Gasteiger partial charge >= 0.3 is 0 Å². The number of nitrogens with one attached hydrogen (secondary N) is 1. The Morgan fingerprint density at radius 2 is 1.92 bits per heavy atom. The number of methoxy groups -OCH3 is 1. The van der Waals surface area contributed by atoms with Gasteiger partial charge in [-0.25, -0.2) is 0 Å². The standard InChI is InChI=1S/C22H26N2O2/c1-3-15-24-16-18(9-14-21(24)17-7-5-4-6-8-17)22(25)23-19-10-12-20(26-2)13-11-19/h3-8,10-13,18,21H,1,9,14-16H2,2H3,(H,23,25)/t18-,21-/m1/s1. The zero-order valence-electron chi connectivity index (χ0n) is 15.2. The SMILES string of the molecule is C=CCN1C[C@H](C(=O)Nc2ccc(OC)cc2)CC[C@@H]1c1ccccc1. The van der Waals surface area contributed by atoms with Crippen LogP contribution in [0.25, 0.3) is 0 Å². The van der Waals surface area contributed by atoms with Gasteiger partial charge in [0, 0.05) is 24.8 Å². The summed E-state index contributed by atoms with van der Waals surface area (Å²) in [6, 6.07) is 18.3. The number of carbonyl (C=O) groups is 1. The van der Waals surface area contributed by atoms with Crippen LogP contribution in [0.4, 0.5) is 5.69 Å². The molecule has 0 aliphatic carbocycles. The van der Waals surface area contributed by atoms with Crippen LogP contribution in [0.3, 0.4) is 0 Å². The Hall–Kier alpha value is -2.59. The molecule has 1 amide bonds. The van der Waals surface area contributed by atoms with E-state index in [0.29, 0.717) is 6.04 Å². The molecule has 0 unspecified atom stereocenters. The Balaban J connectivity index is 1.66. The summed E-state index contributed by atoms with van der Waals surface area (Å²) in [6.45, 7) is 5.41. The van der Waals surface area contributed by atoms with E-state index in [1.54, 1.807) is 7.11 Å². The molecule has 3 rings (SSSR count). The molecular weight excluding hydrogens is 324 g/mol. The first kappa shape index (κ1) is 18.2. The van der Waals surface area contributed by atoms with Gasteiger partial charge in [-0.3, -0.25) is 9.69 Å². The molecule has 1 aliphatic heterocycles. The lowest BCUT2D eigenvalue weighted by Gasteiger charge is -2.39. The molecule has 0 bridgehead atoms. The number of hydrogen-bond donors (Lipinski definition) is 1. The Morgan fingerprint density at radius 1 is 1.19 bits per heavy atom. The van der Waals surface area contributed by atoms with Gasteiger partial charge in [-0.05, 0) is 42.7 Å². The van der Waals surface area contributed by atoms with E-state index in [1.165, 1.54) is 5.56 Å². The molecule has 136 valence electrons. The largest absolute Gasteiger partial charge is 0.497 e. The number of ether oxygens (including phenoxy) is 1. The first-order valence-corrected chi connectivity index (χ1v) is 9.06. The third-order valence-corrected chi connectivity index (χ3v) is 4.96. The van der Waals surface area contributed by atoms with Crippen molar-refractivity contribution in [2.45, 2.75) is 18.9 Å². The van der Waals surface area contributed by atoms with Crippen molar-refractivity contribution in [2.24, 2.45) is 5.92 Å². The number of anilines is 1. The number of carbonyl (C=O) groups excluding carboxylic acids is 1. The lowest BCUT2D eigenvalue weighted by atomic mass is 9.88. The number of likely N-dealkylation sites (tertiary alicyclic amines) is 1. The van der Waals surface area contributed by atoms with Crippen LogP contribution < -0.4 is 10.1 Å². The third-order valence-electron chi connectivity index (χ3n) is 4.96. The van der Waals surface area contributed by atoms with Crippen LogP contribution in [0.1, 0.15) is 24.4 Å². The lowest BCUT2D eigenvalue weighted by Crippen LogP contribution is -2.42. The molecule has 0 aromatic heterocycles. The van der Waals surface area contributed by atoms with Crippen LogP contribution in [-0.2, 0) is 4.79 Å². The van der Waals surface area contributed by atoms with Crippen molar-refractivity contribution in [2.75, 3.05) is 25.5 Å². The van der Waals surface area contributed by atoms with Crippen LogP contribution >= 0.6 is 0 Å². The van der Waals surface area contributed by atoms with Crippen molar-refractivity contribution < 1.29 is 9.53 Å². The predicted molar refractivity (Wildman–Crippen MR) is 105 cm³/mol. The summed E-state index contributed by atoms with van der Waals surface area (Å²) >= 11 is 0. The molecule has 1 heterocycles. The Labute approximate surface area is 155 Å². The van der Waals surface area contributed by atoms with Gasteiger partial charge in [-0.15, -0.1) is 6.58 Å². The second kappa shape index (κ2) is 8.68. The van der Waals surface area contributed by atoms with Crippen LogP contribution in [-0.4, -0.2) is 31.0 Å². The quantitative estimate of drug-likeness (QED) is 0.791. The second-order valence-corrected chi connectivity index (χ2v) is 6.66. The average Bonchev–Trinajstić information content (AvgIpc) is 2.69. The zero-order valence-corrected chi connectivity index (χ0v) is 15.2. The van der Waals surface area contributed by atoms with Gasteiger partial charge in [0.2, 0.25) is 5.91 Å². The van der Waals surface area contributed by atoms with Gasteiger partial charge in [-0.2, -0.15) is 0 Å². The fraction of sp³-hybridized carbons (Fsp3) is 0.318. The van der Waals surface area contributed by atoms with Crippen molar-refractivity contribution in [3.63, 3.8) is 0 Å². The summed E-state index contributed by atoms with van der Waals surface area (Å²) in [7, 11) is 1.63. The number of benzene rings is 2. The van der Waals surface area contributed by atoms with Gasteiger partial charge < -0.3 is 10.1 Å². The molecule has 2 aromatic rings. The van der Waals surface area contributed by atoms with E-state index in [1.807, 2.05) is 36.4 Å². The third kappa shape index (κ3) is 4.33. The van der Waals surface area contributed by atoms with E-state index in [9.17, 15) is 4.79 Å². The molecule has 4 heteroatoms. The highest BCUT2D eigenvalue weighted by molar-refractivity contribution is 5.92. The molecule has 1 saturated heterocycles. The van der Waals surface area contributed by atoms with E-state index in [0.717, 1.165) is 37.4 Å². The van der Waals surface area contributed by atoms with Gasteiger partial charge in [0.15, 0.2) is 0 Å². The molecule has 1 N–H and O–H groups in total. The first-order chi connectivity index (χ1) is 12.7. The maximum atomic E-state index is 12.7. The van der Waals surface area contributed by atoms with Crippen LogP contribution in [0.2, 0.25) is 0 Å². The Bertz CT molecular complexity index is 728. The van der Waals surface area contributed by atoms with Crippen LogP contribution in [0, 0.1) is 5.92 Å². The average molecular weight is 350 g/mol. The van der Waals surface area contributed by atoms with Crippen molar-refractivity contribution in [3.8, 4) is 5.75 Å². The van der Waals surface area contributed by atoms with Gasteiger partial charge in [0.25, 0.3) is 0 Å². The molecule has 0 radical (unpaired) electrons. The van der Waals surface area contributed by atoms with E-state index >= 15 is 0 Å². The van der Waals surface area contributed by atoms with Crippen molar-refractivity contribution >= 4 is 11.6 Å². The van der Waals surface area contributed by atoms with Crippen molar-refractivity contribution in [1.29, 1.82) is 0 Å². The molecule has 26 heavy (non-hydrogen) atoms. The Morgan fingerprint density at radius 3 is 2.58 bits per heavy atom. The lowest BCUT2D eigenvalue weighted by molar-refractivity contribution is -0.122. The minimum absolute atomic E-state index is 0.0167. The molecule has 0 saturated carbocycles. The second-order valence-electron chi connectivity index (χ2n) is 6.66. The normalized spacial score (nSPS) is 20.3.